The van der Waals surface area contributed by atoms with Gasteiger partial charge in [-0.15, -0.1) is 10.2 Å². The number of hydrogen-bond acceptors (Lipinski definition) is 7. The third kappa shape index (κ3) is 5.47. The first-order valence-corrected chi connectivity index (χ1v) is 12.3. The van der Waals surface area contributed by atoms with Crippen molar-refractivity contribution in [1.29, 1.82) is 0 Å². The van der Waals surface area contributed by atoms with E-state index in [9.17, 15) is 9.59 Å². The number of hydrogen-bond donors (Lipinski definition) is 2. The van der Waals surface area contributed by atoms with Crippen molar-refractivity contribution in [2.75, 3.05) is 11.1 Å². The minimum Gasteiger partial charge on any atom is -0.342 e. The number of carbonyl (C=O) groups is 2. The van der Waals surface area contributed by atoms with E-state index in [0.29, 0.717) is 31.7 Å². The number of aromatic nitrogens is 4. The van der Waals surface area contributed by atoms with E-state index in [0.717, 1.165) is 10.2 Å². The summed E-state index contributed by atoms with van der Waals surface area (Å²) in [7, 11) is 1.78. The maximum Gasteiger partial charge on any atom is 0.251 e. The molecule has 12 heteroatoms. The molecule has 4 aromatic rings. The topological polar surface area (TPSA) is 102 Å². The van der Waals surface area contributed by atoms with Gasteiger partial charge in [0, 0.05) is 12.6 Å². The van der Waals surface area contributed by atoms with Crippen molar-refractivity contribution in [3.63, 3.8) is 0 Å². The van der Waals surface area contributed by atoms with E-state index >= 15 is 0 Å². The first-order chi connectivity index (χ1) is 15.8. The Bertz CT molecular complexity index is 1310. The number of para-hydroxylation sites is 1. The number of carbonyl (C=O) groups excluding carboxylic acids is 2. The van der Waals surface area contributed by atoms with Gasteiger partial charge in [0.05, 0.1) is 32.1 Å². The van der Waals surface area contributed by atoms with Gasteiger partial charge in [-0.3, -0.25) is 9.59 Å². The van der Waals surface area contributed by atoms with E-state index < -0.39 is 6.04 Å². The molecule has 0 saturated heterocycles. The molecule has 0 radical (unpaired) electrons. The molecule has 4 rings (SSSR count). The van der Waals surface area contributed by atoms with Gasteiger partial charge in [-0.2, -0.15) is 0 Å². The molecule has 8 nitrogen and oxygen atoms in total. The van der Waals surface area contributed by atoms with Crippen LogP contribution < -0.4 is 10.6 Å². The Morgan fingerprint density at radius 2 is 1.94 bits per heavy atom. The van der Waals surface area contributed by atoms with Crippen LogP contribution in [-0.2, 0) is 11.8 Å². The summed E-state index contributed by atoms with van der Waals surface area (Å²) in [6, 6.07) is 11.9. The zero-order valence-corrected chi connectivity index (χ0v) is 20.6. The first kappa shape index (κ1) is 23.5. The van der Waals surface area contributed by atoms with Crippen LogP contribution in [0.3, 0.4) is 0 Å². The highest BCUT2D eigenvalue weighted by atomic mass is 35.5. The zero-order chi connectivity index (χ0) is 23.5. The third-order valence-electron chi connectivity index (χ3n) is 4.66. The summed E-state index contributed by atoms with van der Waals surface area (Å²) in [5, 5.41) is 15.8. The fourth-order valence-electron chi connectivity index (χ4n) is 3.02. The van der Waals surface area contributed by atoms with Crippen molar-refractivity contribution in [2.24, 2.45) is 7.05 Å². The fourth-order valence-corrected chi connectivity index (χ4v) is 4.92. The number of anilines is 1. The van der Waals surface area contributed by atoms with Crippen molar-refractivity contribution in [3.05, 3.63) is 63.9 Å². The lowest BCUT2D eigenvalue weighted by atomic mass is 10.2. The summed E-state index contributed by atoms with van der Waals surface area (Å²) < 4.78 is 2.75. The van der Waals surface area contributed by atoms with Gasteiger partial charge in [0.1, 0.15) is 0 Å². The molecule has 0 aliphatic carbocycles. The lowest BCUT2D eigenvalue weighted by Gasteiger charge is -2.14. The number of nitrogens with one attached hydrogen (secondary N) is 2. The Balaban J connectivity index is 1.35. The van der Waals surface area contributed by atoms with Crippen LogP contribution >= 0.6 is 46.3 Å². The van der Waals surface area contributed by atoms with Crippen molar-refractivity contribution in [3.8, 4) is 0 Å². The second kappa shape index (κ2) is 10.1. The number of benzene rings is 2. The normalized spacial score (nSPS) is 12.0. The summed E-state index contributed by atoms with van der Waals surface area (Å²) >= 11 is 14.6. The predicted molar refractivity (Wildman–Crippen MR) is 132 cm³/mol. The Labute approximate surface area is 207 Å². The summed E-state index contributed by atoms with van der Waals surface area (Å²) in [4.78, 5) is 29.3. The van der Waals surface area contributed by atoms with Crippen LogP contribution in [-0.4, -0.2) is 37.3 Å². The summed E-state index contributed by atoms with van der Waals surface area (Å²) in [5.74, 6) is 0.196. The molecule has 0 spiro atoms. The Kier molecular flexibility index (Phi) is 7.18. The molecule has 0 aliphatic rings. The Morgan fingerprint density at radius 3 is 2.70 bits per heavy atom. The quantitative estimate of drug-likeness (QED) is 0.334. The van der Waals surface area contributed by atoms with Gasteiger partial charge in [0.15, 0.2) is 16.1 Å². The van der Waals surface area contributed by atoms with Crippen LogP contribution in [0.1, 0.15) is 29.1 Å². The lowest BCUT2D eigenvalue weighted by Crippen LogP contribution is -2.28. The minimum atomic E-state index is -0.421. The molecular weight excluding hydrogens is 503 g/mol. The Morgan fingerprint density at radius 1 is 1.15 bits per heavy atom. The van der Waals surface area contributed by atoms with Gasteiger partial charge < -0.3 is 15.2 Å². The first-order valence-electron chi connectivity index (χ1n) is 9.75. The molecule has 0 saturated carbocycles. The fraction of sp³-hybridized carbons (Fsp3) is 0.190. The smallest absolute Gasteiger partial charge is 0.251 e. The lowest BCUT2D eigenvalue weighted by molar-refractivity contribution is -0.113. The highest BCUT2D eigenvalue weighted by molar-refractivity contribution is 7.99. The van der Waals surface area contributed by atoms with E-state index in [1.807, 2.05) is 24.3 Å². The van der Waals surface area contributed by atoms with E-state index in [4.69, 9.17) is 23.2 Å². The second-order valence-electron chi connectivity index (χ2n) is 7.05. The van der Waals surface area contributed by atoms with E-state index in [1.165, 1.54) is 29.2 Å². The number of fused-ring (bicyclic) bond motifs is 1. The molecule has 2 heterocycles. The average molecular weight is 521 g/mol. The van der Waals surface area contributed by atoms with Crippen molar-refractivity contribution in [2.45, 2.75) is 18.1 Å². The molecule has 2 amide bonds. The number of nitrogens with zero attached hydrogens (tertiary/aromatic N) is 4. The van der Waals surface area contributed by atoms with Crippen molar-refractivity contribution < 1.29 is 9.59 Å². The molecule has 33 heavy (non-hydrogen) atoms. The van der Waals surface area contributed by atoms with Gasteiger partial charge in [-0.05, 0) is 37.3 Å². The molecule has 1 atom stereocenters. The maximum absolute atomic E-state index is 12.5. The molecule has 0 unspecified atom stereocenters. The van der Waals surface area contributed by atoms with Gasteiger partial charge in [-0.25, -0.2) is 4.98 Å². The van der Waals surface area contributed by atoms with E-state index in [1.54, 1.807) is 30.7 Å². The molecule has 170 valence electrons. The highest BCUT2D eigenvalue weighted by Crippen LogP contribution is 2.26. The predicted octanol–water partition coefficient (Wildman–Crippen LogP) is 4.95. The summed E-state index contributed by atoms with van der Waals surface area (Å²) in [6.07, 6.45) is 0. The van der Waals surface area contributed by atoms with Crippen LogP contribution in [0, 0.1) is 0 Å². The standard InChI is InChI=1S/C21H18Cl2N6O2S2/c1-11(24-19(31)12-7-8-13(22)14(23)9-12)18-27-28-21(29(18)2)32-10-17(30)26-20-25-15-5-3-4-6-16(15)33-20/h3-9,11H,10H2,1-2H3,(H,24,31)(H,25,26,30)/t11-/m1/s1. The van der Waals surface area contributed by atoms with E-state index in [-0.39, 0.29) is 17.6 Å². The highest BCUT2D eigenvalue weighted by Gasteiger charge is 2.19. The molecule has 2 aromatic heterocycles. The van der Waals surface area contributed by atoms with Crippen LogP contribution in [0.25, 0.3) is 10.2 Å². The maximum atomic E-state index is 12.5. The largest absolute Gasteiger partial charge is 0.342 e. The molecule has 0 bridgehead atoms. The van der Waals surface area contributed by atoms with Crippen LogP contribution in [0.4, 0.5) is 5.13 Å². The van der Waals surface area contributed by atoms with E-state index in [2.05, 4.69) is 25.8 Å². The van der Waals surface area contributed by atoms with Gasteiger partial charge in [-0.1, -0.05) is 58.4 Å². The molecule has 2 N–H and O–H groups in total. The van der Waals surface area contributed by atoms with Crippen LogP contribution in [0.2, 0.25) is 10.0 Å². The van der Waals surface area contributed by atoms with Gasteiger partial charge in [0.25, 0.3) is 5.91 Å². The van der Waals surface area contributed by atoms with Crippen LogP contribution in [0.5, 0.6) is 0 Å². The van der Waals surface area contributed by atoms with Crippen LogP contribution in [0.15, 0.2) is 47.6 Å². The molecular formula is C21H18Cl2N6O2S2. The monoisotopic (exact) mass is 520 g/mol. The number of rotatable bonds is 7. The number of halogens is 2. The Hall–Kier alpha value is -2.66. The summed E-state index contributed by atoms with van der Waals surface area (Å²) in [5.41, 5.74) is 1.24. The molecule has 2 aromatic carbocycles. The summed E-state index contributed by atoms with van der Waals surface area (Å²) in [6.45, 7) is 1.80. The number of thiazole rings is 1. The van der Waals surface area contributed by atoms with Gasteiger partial charge in [0.2, 0.25) is 5.91 Å². The zero-order valence-electron chi connectivity index (χ0n) is 17.5. The average Bonchev–Trinajstić information content (AvgIpc) is 3.36. The molecule has 0 aliphatic heterocycles. The minimum absolute atomic E-state index is 0.145. The van der Waals surface area contributed by atoms with Crippen molar-refractivity contribution >= 4 is 73.5 Å². The SMILES string of the molecule is C[C@@H](NC(=O)c1ccc(Cl)c(Cl)c1)c1nnc(SCC(=O)Nc2nc3ccccc3s2)n1C. The van der Waals surface area contributed by atoms with Gasteiger partial charge >= 0.3 is 0 Å². The second-order valence-corrected chi connectivity index (χ2v) is 9.83. The number of thioether (sulfide) groups is 1. The molecule has 0 fully saturated rings. The third-order valence-corrected chi connectivity index (χ3v) is 7.37. The van der Waals surface area contributed by atoms with Crippen molar-refractivity contribution in [1.82, 2.24) is 25.1 Å². The number of amides is 2.